The zero-order chi connectivity index (χ0) is 22.5. The van der Waals surface area contributed by atoms with Crippen LogP contribution in [0.4, 0.5) is 11.4 Å². The van der Waals surface area contributed by atoms with Crippen LogP contribution in [-0.4, -0.2) is 70.9 Å². The minimum atomic E-state index is -0.401. The van der Waals surface area contributed by atoms with Crippen LogP contribution in [-0.2, 0) is 16.1 Å². The van der Waals surface area contributed by atoms with Gasteiger partial charge >= 0.3 is 0 Å². The number of nitro benzene ring substituents is 1. The molecule has 0 saturated carbocycles. The lowest BCUT2D eigenvalue weighted by molar-refractivity contribution is -0.384. The first-order chi connectivity index (χ1) is 15.6. The van der Waals surface area contributed by atoms with E-state index in [0.29, 0.717) is 45.1 Å². The van der Waals surface area contributed by atoms with Gasteiger partial charge in [-0.05, 0) is 24.3 Å². The van der Waals surface area contributed by atoms with Crippen LogP contribution in [0.15, 0.2) is 53.7 Å². The molecule has 2 aromatic carbocycles. The first-order valence-electron chi connectivity index (χ1n) is 10.4. The summed E-state index contributed by atoms with van der Waals surface area (Å²) in [5.74, 6) is 0.414. The monoisotopic (exact) mass is 455 g/mol. The van der Waals surface area contributed by atoms with Gasteiger partial charge in [0.25, 0.3) is 5.69 Å². The zero-order valence-corrected chi connectivity index (χ0v) is 18.7. The van der Waals surface area contributed by atoms with Crippen LogP contribution in [0, 0.1) is 10.1 Å². The third-order valence-electron chi connectivity index (χ3n) is 5.52. The number of nitro groups is 1. The van der Waals surface area contributed by atoms with Gasteiger partial charge in [-0.25, -0.2) is 4.98 Å². The van der Waals surface area contributed by atoms with Crippen LogP contribution in [0.25, 0.3) is 11.0 Å². The van der Waals surface area contributed by atoms with E-state index in [4.69, 9.17) is 9.72 Å². The van der Waals surface area contributed by atoms with Crippen molar-refractivity contribution >= 4 is 40.1 Å². The van der Waals surface area contributed by atoms with Crippen molar-refractivity contribution < 1.29 is 14.5 Å². The number of ether oxygens (including phenoxy) is 1. The third-order valence-corrected chi connectivity index (χ3v) is 6.48. The highest BCUT2D eigenvalue weighted by atomic mass is 32.2. The Morgan fingerprint density at radius 1 is 1.12 bits per heavy atom. The predicted octanol–water partition coefficient (Wildman–Crippen LogP) is 3.03. The second-order valence-corrected chi connectivity index (χ2v) is 8.40. The second kappa shape index (κ2) is 10.0. The van der Waals surface area contributed by atoms with Crippen LogP contribution in [0.1, 0.15) is 0 Å². The largest absolute Gasteiger partial charge is 0.383 e. The number of anilines is 1. The molecule has 9 nitrogen and oxygen atoms in total. The number of imidazole rings is 1. The summed E-state index contributed by atoms with van der Waals surface area (Å²) in [4.78, 5) is 32.0. The Morgan fingerprint density at radius 3 is 2.53 bits per heavy atom. The third kappa shape index (κ3) is 4.86. The summed E-state index contributed by atoms with van der Waals surface area (Å²) in [6.45, 7) is 3.89. The van der Waals surface area contributed by atoms with Crippen molar-refractivity contribution in [1.82, 2.24) is 14.5 Å². The number of methoxy groups -OCH3 is 1. The summed E-state index contributed by atoms with van der Waals surface area (Å²) in [7, 11) is 1.67. The molecule has 1 aromatic heterocycles. The molecule has 1 amide bonds. The highest BCUT2D eigenvalue weighted by Gasteiger charge is 2.22. The van der Waals surface area contributed by atoms with E-state index >= 15 is 0 Å². The van der Waals surface area contributed by atoms with E-state index in [1.807, 2.05) is 29.2 Å². The molecule has 4 rings (SSSR count). The van der Waals surface area contributed by atoms with E-state index in [1.54, 1.807) is 19.2 Å². The lowest BCUT2D eigenvalue weighted by Gasteiger charge is -2.36. The molecule has 2 heterocycles. The van der Waals surface area contributed by atoms with Crippen molar-refractivity contribution in [3.63, 3.8) is 0 Å². The van der Waals surface area contributed by atoms with Gasteiger partial charge in [-0.1, -0.05) is 23.9 Å². The molecule has 1 fully saturated rings. The van der Waals surface area contributed by atoms with Crippen LogP contribution >= 0.6 is 11.8 Å². The molecule has 32 heavy (non-hydrogen) atoms. The number of benzene rings is 2. The molecule has 3 aromatic rings. The smallest absolute Gasteiger partial charge is 0.269 e. The topological polar surface area (TPSA) is 93.7 Å². The van der Waals surface area contributed by atoms with Gasteiger partial charge in [-0.2, -0.15) is 0 Å². The van der Waals surface area contributed by atoms with E-state index in [-0.39, 0.29) is 11.6 Å². The number of fused-ring (bicyclic) bond motifs is 1. The zero-order valence-electron chi connectivity index (χ0n) is 17.8. The molecular weight excluding hydrogens is 430 g/mol. The van der Waals surface area contributed by atoms with E-state index in [1.165, 1.54) is 23.9 Å². The van der Waals surface area contributed by atoms with Crippen LogP contribution in [0.3, 0.4) is 0 Å². The van der Waals surface area contributed by atoms with Crippen molar-refractivity contribution in [3.8, 4) is 0 Å². The van der Waals surface area contributed by atoms with Gasteiger partial charge in [-0.15, -0.1) is 0 Å². The summed E-state index contributed by atoms with van der Waals surface area (Å²) in [6, 6.07) is 14.5. The van der Waals surface area contributed by atoms with Crippen LogP contribution < -0.4 is 4.90 Å². The Hall–Kier alpha value is -3.11. The van der Waals surface area contributed by atoms with Gasteiger partial charge in [0, 0.05) is 57.7 Å². The van der Waals surface area contributed by atoms with E-state index in [9.17, 15) is 14.9 Å². The molecule has 0 N–H and O–H groups in total. The quantitative estimate of drug-likeness (QED) is 0.293. The van der Waals surface area contributed by atoms with Crippen molar-refractivity contribution in [2.24, 2.45) is 0 Å². The van der Waals surface area contributed by atoms with Crippen LogP contribution in [0.5, 0.6) is 0 Å². The number of hydrogen-bond donors (Lipinski definition) is 0. The highest BCUT2D eigenvalue weighted by molar-refractivity contribution is 7.99. The highest BCUT2D eigenvalue weighted by Crippen LogP contribution is 2.25. The van der Waals surface area contributed by atoms with Crippen molar-refractivity contribution in [1.29, 1.82) is 0 Å². The molecule has 10 heteroatoms. The molecule has 0 radical (unpaired) electrons. The fourth-order valence-corrected chi connectivity index (χ4v) is 4.72. The van der Waals surface area contributed by atoms with Crippen molar-refractivity contribution in [2.45, 2.75) is 11.7 Å². The molecule has 1 saturated heterocycles. The number of thioether (sulfide) groups is 1. The second-order valence-electron chi connectivity index (χ2n) is 7.46. The lowest BCUT2D eigenvalue weighted by atomic mass is 10.2. The van der Waals surface area contributed by atoms with Gasteiger partial charge in [0.1, 0.15) is 0 Å². The SMILES string of the molecule is COCCn1c(SCC(=O)N2CCN(c3ccc([N+](=O)[O-])cc3)CC2)nc2ccccc21. The van der Waals surface area contributed by atoms with Gasteiger partial charge in [0.05, 0.1) is 28.3 Å². The summed E-state index contributed by atoms with van der Waals surface area (Å²) in [6.07, 6.45) is 0. The van der Waals surface area contributed by atoms with Crippen LogP contribution in [0.2, 0.25) is 0 Å². The molecule has 0 unspecified atom stereocenters. The van der Waals surface area contributed by atoms with Gasteiger partial charge < -0.3 is 19.1 Å². The number of piperazine rings is 1. The van der Waals surface area contributed by atoms with Gasteiger partial charge in [-0.3, -0.25) is 14.9 Å². The molecule has 0 atom stereocenters. The Balaban J connectivity index is 1.34. The molecule has 168 valence electrons. The standard InChI is InChI=1S/C22H25N5O4S/c1-31-15-14-26-20-5-3-2-4-19(20)23-22(26)32-16-21(28)25-12-10-24(11-13-25)17-6-8-18(9-7-17)27(29)30/h2-9H,10-16H2,1H3. The number of carbonyl (C=O) groups is 1. The Morgan fingerprint density at radius 2 is 1.84 bits per heavy atom. The molecular formula is C22H25N5O4S. The number of para-hydroxylation sites is 2. The van der Waals surface area contributed by atoms with Crippen molar-refractivity contribution in [3.05, 3.63) is 58.6 Å². The Kier molecular flexibility index (Phi) is 6.91. The maximum Gasteiger partial charge on any atom is 0.269 e. The molecule has 0 aliphatic carbocycles. The average Bonchev–Trinajstić information content (AvgIpc) is 3.18. The number of hydrogen-bond acceptors (Lipinski definition) is 7. The summed E-state index contributed by atoms with van der Waals surface area (Å²) < 4.78 is 7.33. The van der Waals surface area contributed by atoms with E-state index in [0.717, 1.165) is 21.9 Å². The minimum absolute atomic E-state index is 0.0797. The maximum atomic E-state index is 12.8. The minimum Gasteiger partial charge on any atom is -0.383 e. The molecule has 1 aliphatic rings. The predicted molar refractivity (Wildman–Crippen MR) is 124 cm³/mol. The molecule has 0 spiro atoms. The number of non-ortho nitro benzene ring substituents is 1. The normalized spacial score (nSPS) is 14.2. The summed E-state index contributed by atoms with van der Waals surface area (Å²) in [5.41, 5.74) is 2.96. The van der Waals surface area contributed by atoms with E-state index in [2.05, 4.69) is 9.47 Å². The van der Waals surface area contributed by atoms with E-state index < -0.39 is 4.92 Å². The number of rotatable bonds is 8. The Labute approximate surface area is 190 Å². The number of aromatic nitrogens is 2. The number of carbonyl (C=O) groups excluding carboxylic acids is 1. The first-order valence-corrected chi connectivity index (χ1v) is 11.4. The van der Waals surface area contributed by atoms with Gasteiger partial charge in [0.2, 0.25) is 5.91 Å². The fraction of sp³-hybridized carbons (Fsp3) is 0.364. The summed E-state index contributed by atoms with van der Waals surface area (Å²) >= 11 is 1.45. The van der Waals surface area contributed by atoms with Gasteiger partial charge in [0.15, 0.2) is 5.16 Å². The number of nitrogens with zero attached hydrogens (tertiary/aromatic N) is 5. The molecule has 1 aliphatic heterocycles. The lowest BCUT2D eigenvalue weighted by Crippen LogP contribution is -2.49. The first kappa shape index (κ1) is 22.1. The number of amides is 1. The van der Waals surface area contributed by atoms with Crippen molar-refractivity contribution in [2.75, 3.05) is 50.5 Å². The average molecular weight is 456 g/mol. The molecule has 0 bridgehead atoms. The maximum absolute atomic E-state index is 12.8. The Bertz CT molecular complexity index is 1090. The summed E-state index contributed by atoms with van der Waals surface area (Å²) in [5, 5.41) is 11.6. The fourth-order valence-electron chi connectivity index (χ4n) is 3.78.